The lowest BCUT2D eigenvalue weighted by Crippen LogP contribution is -2.47. The first-order chi connectivity index (χ1) is 9.35. The van der Waals surface area contributed by atoms with Gasteiger partial charge in [0.25, 0.3) is 0 Å². The predicted molar refractivity (Wildman–Crippen MR) is 83.1 cm³/mol. The molecular weight excluding hydrogens is 250 g/mol. The van der Waals surface area contributed by atoms with Gasteiger partial charge >= 0.3 is 0 Å². The van der Waals surface area contributed by atoms with Crippen molar-refractivity contribution in [3.05, 3.63) is 23.9 Å². The minimum Gasteiger partial charge on any atom is -0.375 e. The van der Waals surface area contributed by atoms with E-state index in [0.29, 0.717) is 6.04 Å². The maximum Gasteiger partial charge on any atom is 0.128 e. The van der Waals surface area contributed by atoms with Gasteiger partial charge in [0.1, 0.15) is 5.82 Å². The van der Waals surface area contributed by atoms with E-state index in [-0.39, 0.29) is 11.6 Å². The number of hydrogen-bond acceptors (Lipinski definition) is 4. The SMILES string of the molecule is CC1CN(c2ccc(CNC(C)(C)C)cn2)C(C)CO1. The van der Waals surface area contributed by atoms with Gasteiger partial charge in [-0.05, 0) is 46.2 Å². The van der Waals surface area contributed by atoms with Crippen LogP contribution in [0.4, 0.5) is 5.82 Å². The molecule has 1 aliphatic heterocycles. The summed E-state index contributed by atoms with van der Waals surface area (Å²) >= 11 is 0. The summed E-state index contributed by atoms with van der Waals surface area (Å²) in [4.78, 5) is 6.95. The molecule has 0 saturated carbocycles. The Kier molecular flexibility index (Phi) is 4.66. The highest BCUT2D eigenvalue weighted by molar-refractivity contribution is 5.41. The lowest BCUT2D eigenvalue weighted by atomic mass is 10.1. The second-order valence-electron chi connectivity index (χ2n) is 6.77. The van der Waals surface area contributed by atoms with Crippen molar-refractivity contribution in [1.29, 1.82) is 0 Å². The fourth-order valence-electron chi connectivity index (χ4n) is 2.28. The zero-order chi connectivity index (χ0) is 14.8. The Bertz CT molecular complexity index is 424. The number of morpholine rings is 1. The van der Waals surface area contributed by atoms with Crippen LogP contribution in [0.25, 0.3) is 0 Å². The van der Waals surface area contributed by atoms with E-state index < -0.39 is 0 Å². The number of anilines is 1. The minimum atomic E-state index is 0.132. The molecule has 0 amide bonds. The van der Waals surface area contributed by atoms with Crippen LogP contribution in [0.3, 0.4) is 0 Å². The summed E-state index contributed by atoms with van der Waals surface area (Å²) in [6.07, 6.45) is 2.25. The van der Waals surface area contributed by atoms with Crippen LogP contribution in [0.2, 0.25) is 0 Å². The van der Waals surface area contributed by atoms with Gasteiger partial charge in [0.05, 0.1) is 18.8 Å². The molecule has 0 aliphatic carbocycles. The Hall–Kier alpha value is -1.13. The topological polar surface area (TPSA) is 37.4 Å². The molecule has 0 radical (unpaired) electrons. The molecule has 0 spiro atoms. The number of nitrogens with one attached hydrogen (secondary N) is 1. The number of hydrogen-bond donors (Lipinski definition) is 1. The van der Waals surface area contributed by atoms with E-state index in [0.717, 1.165) is 25.5 Å². The first-order valence-corrected chi connectivity index (χ1v) is 7.43. The van der Waals surface area contributed by atoms with Crippen molar-refractivity contribution in [2.45, 2.75) is 58.8 Å². The van der Waals surface area contributed by atoms with E-state index in [2.05, 4.69) is 62.0 Å². The highest BCUT2D eigenvalue weighted by Crippen LogP contribution is 2.19. The third-order valence-electron chi connectivity index (χ3n) is 3.53. The van der Waals surface area contributed by atoms with Crippen molar-refractivity contribution in [1.82, 2.24) is 10.3 Å². The zero-order valence-corrected chi connectivity index (χ0v) is 13.3. The molecule has 1 fully saturated rings. The molecule has 1 aromatic rings. The van der Waals surface area contributed by atoms with Crippen LogP contribution in [0.5, 0.6) is 0 Å². The van der Waals surface area contributed by atoms with Gasteiger partial charge in [-0.3, -0.25) is 0 Å². The van der Waals surface area contributed by atoms with Crippen LogP contribution < -0.4 is 10.2 Å². The Morgan fingerprint density at radius 1 is 1.35 bits per heavy atom. The zero-order valence-electron chi connectivity index (χ0n) is 13.3. The summed E-state index contributed by atoms with van der Waals surface area (Å²) < 4.78 is 5.66. The monoisotopic (exact) mass is 277 g/mol. The molecule has 2 heterocycles. The molecule has 112 valence electrons. The molecule has 1 N–H and O–H groups in total. The highest BCUT2D eigenvalue weighted by Gasteiger charge is 2.24. The highest BCUT2D eigenvalue weighted by atomic mass is 16.5. The molecule has 4 nitrogen and oxygen atoms in total. The van der Waals surface area contributed by atoms with Gasteiger partial charge in [-0.25, -0.2) is 4.98 Å². The summed E-state index contributed by atoms with van der Waals surface area (Å²) in [6, 6.07) is 4.67. The number of ether oxygens (including phenoxy) is 1. The third-order valence-corrected chi connectivity index (χ3v) is 3.53. The van der Waals surface area contributed by atoms with E-state index in [1.807, 2.05) is 6.20 Å². The lowest BCUT2D eigenvalue weighted by Gasteiger charge is -2.37. The average molecular weight is 277 g/mol. The normalized spacial score (nSPS) is 23.9. The van der Waals surface area contributed by atoms with Crippen molar-refractivity contribution in [2.75, 3.05) is 18.1 Å². The Labute approximate surface area is 122 Å². The van der Waals surface area contributed by atoms with Crippen molar-refractivity contribution < 1.29 is 4.74 Å². The van der Waals surface area contributed by atoms with Gasteiger partial charge in [-0.15, -0.1) is 0 Å². The number of nitrogens with zero attached hydrogens (tertiary/aromatic N) is 2. The quantitative estimate of drug-likeness (QED) is 0.921. The summed E-state index contributed by atoms with van der Waals surface area (Å²) in [5.41, 5.74) is 1.35. The van der Waals surface area contributed by atoms with E-state index in [4.69, 9.17) is 4.74 Å². The predicted octanol–water partition coefficient (Wildman–Crippen LogP) is 2.58. The van der Waals surface area contributed by atoms with Gasteiger partial charge in [-0.2, -0.15) is 0 Å². The molecule has 1 aliphatic rings. The lowest BCUT2D eigenvalue weighted by molar-refractivity contribution is 0.0340. The Morgan fingerprint density at radius 3 is 2.70 bits per heavy atom. The van der Waals surface area contributed by atoms with Gasteiger partial charge in [0, 0.05) is 24.8 Å². The minimum absolute atomic E-state index is 0.132. The van der Waals surface area contributed by atoms with Crippen LogP contribution in [-0.4, -0.2) is 35.8 Å². The van der Waals surface area contributed by atoms with E-state index >= 15 is 0 Å². The number of rotatable bonds is 3. The van der Waals surface area contributed by atoms with E-state index in [9.17, 15) is 0 Å². The molecular formula is C16H27N3O. The molecule has 1 saturated heterocycles. The molecule has 0 bridgehead atoms. The first-order valence-electron chi connectivity index (χ1n) is 7.43. The molecule has 1 aromatic heterocycles. The number of aromatic nitrogens is 1. The van der Waals surface area contributed by atoms with Crippen LogP contribution in [-0.2, 0) is 11.3 Å². The second kappa shape index (κ2) is 6.10. The van der Waals surface area contributed by atoms with Crippen LogP contribution in [0.1, 0.15) is 40.2 Å². The van der Waals surface area contributed by atoms with E-state index in [1.165, 1.54) is 5.56 Å². The van der Waals surface area contributed by atoms with Gasteiger partial charge in [-0.1, -0.05) is 6.07 Å². The second-order valence-corrected chi connectivity index (χ2v) is 6.77. The molecule has 0 aromatic carbocycles. The van der Waals surface area contributed by atoms with Crippen molar-refractivity contribution in [2.24, 2.45) is 0 Å². The molecule has 2 atom stereocenters. The summed E-state index contributed by atoms with van der Waals surface area (Å²) in [5, 5.41) is 3.48. The van der Waals surface area contributed by atoms with Gasteiger partial charge in [0.2, 0.25) is 0 Å². The molecule has 20 heavy (non-hydrogen) atoms. The van der Waals surface area contributed by atoms with Crippen LogP contribution in [0.15, 0.2) is 18.3 Å². The van der Waals surface area contributed by atoms with Crippen molar-refractivity contribution >= 4 is 5.82 Å². The molecule has 2 unspecified atom stereocenters. The fourth-order valence-corrected chi connectivity index (χ4v) is 2.28. The summed E-state index contributed by atoms with van der Waals surface area (Å²) in [7, 11) is 0. The molecule has 4 heteroatoms. The summed E-state index contributed by atoms with van der Waals surface area (Å²) in [6.45, 7) is 13.3. The Morgan fingerprint density at radius 2 is 2.10 bits per heavy atom. The van der Waals surface area contributed by atoms with E-state index in [1.54, 1.807) is 0 Å². The van der Waals surface area contributed by atoms with Crippen molar-refractivity contribution in [3.63, 3.8) is 0 Å². The largest absolute Gasteiger partial charge is 0.375 e. The maximum absolute atomic E-state index is 5.66. The fraction of sp³-hybridized carbons (Fsp3) is 0.688. The first kappa shape index (κ1) is 15.3. The van der Waals surface area contributed by atoms with Crippen molar-refractivity contribution in [3.8, 4) is 0 Å². The third kappa shape index (κ3) is 4.18. The van der Waals surface area contributed by atoms with Gasteiger partial charge in [0.15, 0.2) is 0 Å². The Balaban J connectivity index is 2.00. The number of pyridine rings is 1. The van der Waals surface area contributed by atoms with Gasteiger partial charge < -0.3 is 15.0 Å². The van der Waals surface area contributed by atoms with Crippen LogP contribution >= 0.6 is 0 Å². The average Bonchev–Trinajstić information content (AvgIpc) is 2.39. The van der Waals surface area contributed by atoms with Crippen LogP contribution in [0, 0.1) is 0 Å². The smallest absolute Gasteiger partial charge is 0.128 e. The standard InChI is InChI=1S/C16H27N3O/c1-12-11-20-13(2)10-19(12)15-7-6-14(8-17-15)9-18-16(3,4)5/h6-8,12-13,18H,9-11H2,1-5H3. The molecule has 2 rings (SSSR count). The summed E-state index contributed by atoms with van der Waals surface area (Å²) in [5.74, 6) is 1.05. The maximum atomic E-state index is 5.66.